The molecule has 3 rings (SSSR count). The third kappa shape index (κ3) is 33.4. The first-order valence-corrected chi connectivity index (χ1v) is 32.2. The van der Waals surface area contributed by atoms with Crippen LogP contribution in [0.15, 0.2) is 54.7 Å². The van der Waals surface area contributed by atoms with Gasteiger partial charge in [0.15, 0.2) is 0 Å². The van der Waals surface area contributed by atoms with Gasteiger partial charge < -0.3 is 55.6 Å². The van der Waals surface area contributed by atoms with E-state index in [0.717, 1.165) is 34.0 Å². The predicted octanol–water partition coefficient (Wildman–Crippen LogP) is 10.3. The van der Waals surface area contributed by atoms with Crippen LogP contribution in [0.4, 0.5) is 15.3 Å². The Balaban J connectivity index is 1.43. The molecule has 1 heterocycles. The average molecular weight is 1340 g/mol. The topological polar surface area (TPSA) is 286 Å². The Morgan fingerprint density at radius 3 is 1.81 bits per heavy atom. The lowest BCUT2D eigenvalue weighted by Crippen LogP contribution is -2.53. The van der Waals surface area contributed by atoms with E-state index in [0.29, 0.717) is 82.6 Å². The number of hydrogen-bond donors (Lipinski definition) is 6. The molecule has 0 aliphatic carbocycles. The van der Waals surface area contributed by atoms with Crippen LogP contribution in [-0.4, -0.2) is 137 Å². The van der Waals surface area contributed by atoms with Gasteiger partial charge in [-0.25, -0.2) is 23.9 Å². The summed E-state index contributed by atoms with van der Waals surface area (Å²) in [4.78, 5) is 105. The number of ketones is 1. The van der Waals surface area contributed by atoms with E-state index in [1.165, 1.54) is 0 Å². The molecule has 2 aromatic carbocycles. The number of benzene rings is 2. The number of Topliss-reactive ketones (excluding diaryl/α,β-unsaturated/α-hetero) is 1. The molecule has 492 valence electrons. The highest BCUT2D eigenvalue weighted by atomic mass is 127. The second-order valence-corrected chi connectivity index (χ2v) is 27.4. The number of nitrogens with zero attached hydrogens (tertiary/aromatic N) is 3. The van der Waals surface area contributed by atoms with Crippen LogP contribution in [0.2, 0.25) is 0 Å². The van der Waals surface area contributed by atoms with Crippen molar-refractivity contribution >= 4 is 75.8 Å². The molecule has 0 bridgehead atoms. The van der Waals surface area contributed by atoms with Gasteiger partial charge in [-0.05, 0) is 172 Å². The van der Waals surface area contributed by atoms with Crippen LogP contribution in [0, 0.1) is 14.9 Å². The van der Waals surface area contributed by atoms with E-state index in [-0.39, 0.29) is 75.5 Å². The Bertz CT molecular complexity index is 2660. The minimum atomic E-state index is -0.960. The quantitative estimate of drug-likeness (QED) is 0.0135. The Morgan fingerprint density at radius 1 is 0.614 bits per heavy atom. The number of anilines is 1. The van der Waals surface area contributed by atoms with E-state index in [9.17, 15) is 38.4 Å². The van der Waals surface area contributed by atoms with Gasteiger partial charge in [-0.15, -0.1) is 5.10 Å². The zero-order chi connectivity index (χ0) is 65.5. The van der Waals surface area contributed by atoms with Gasteiger partial charge in [0, 0.05) is 59.1 Å². The number of hydrogen-bond acceptors (Lipinski definition) is 15. The maximum atomic E-state index is 13.8. The lowest BCUT2D eigenvalue weighted by molar-refractivity contribution is -0.159. The summed E-state index contributed by atoms with van der Waals surface area (Å²) in [5.74, 6) is -2.68. The number of urea groups is 2. The summed E-state index contributed by atoms with van der Waals surface area (Å²) in [6.45, 7) is 25.9. The van der Waals surface area contributed by atoms with Crippen LogP contribution in [0.3, 0.4) is 0 Å². The molecule has 0 aliphatic rings. The number of rotatable bonds is 38. The molecule has 23 heteroatoms. The van der Waals surface area contributed by atoms with Gasteiger partial charge in [-0.1, -0.05) is 76.4 Å². The smallest absolute Gasteiger partial charge is 0.329 e. The van der Waals surface area contributed by atoms with E-state index in [4.69, 9.17) is 23.7 Å². The second kappa shape index (κ2) is 38.4. The van der Waals surface area contributed by atoms with Crippen molar-refractivity contribution in [3.8, 4) is 11.3 Å². The maximum absolute atomic E-state index is 13.8. The molecule has 0 saturated carbocycles. The number of amides is 6. The fraction of sp³-hybridized carbons (Fsp3) is 0.662. The summed E-state index contributed by atoms with van der Waals surface area (Å²) in [6, 6.07) is 11.7. The van der Waals surface area contributed by atoms with Crippen molar-refractivity contribution in [3.05, 3.63) is 63.9 Å². The normalized spacial score (nSPS) is 13.2. The Hall–Kier alpha value is -6.21. The van der Waals surface area contributed by atoms with Crippen LogP contribution in [0.5, 0.6) is 0 Å². The van der Waals surface area contributed by atoms with Crippen LogP contribution in [0.1, 0.15) is 185 Å². The zero-order valence-electron chi connectivity index (χ0n) is 54.6. The molecule has 3 aromatic rings. The molecule has 88 heavy (non-hydrogen) atoms. The van der Waals surface area contributed by atoms with E-state index in [1.807, 2.05) is 51.1 Å². The first kappa shape index (κ1) is 76.0. The number of halogens is 1. The van der Waals surface area contributed by atoms with Crippen molar-refractivity contribution in [2.45, 2.75) is 228 Å². The van der Waals surface area contributed by atoms with Gasteiger partial charge >= 0.3 is 30.0 Å². The summed E-state index contributed by atoms with van der Waals surface area (Å²) in [5, 5.41) is 25.6. The summed E-state index contributed by atoms with van der Waals surface area (Å²) in [6.07, 6.45) is 8.26. The summed E-state index contributed by atoms with van der Waals surface area (Å²) >= 11 is 2.22. The van der Waals surface area contributed by atoms with Crippen molar-refractivity contribution in [2.75, 3.05) is 44.8 Å². The number of nitrogens with one attached hydrogen (secondary N) is 6. The van der Waals surface area contributed by atoms with E-state index >= 15 is 0 Å². The van der Waals surface area contributed by atoms with Crippen molar-refractivity contribution in [3.63, 3.8) is 0 Å². The molecule has 22 nitrogen and oxygen atoms in total. The zero-order valence-corrected chi connectivity index (χ0v) is 56.7. The van der Waals surface area contributed by atoms with Crippen LogP contribution in [0.25, 0.3) is 11.3 Å². The van der Waals surface area contributed by atoms with Crippen LogP contribution < -0.4 is 31.9 Å². The first-order chi connectivity index (χ1) is 41.3. The van der Waals surface area contributed by atoms with Gasteiger partial charge in [0.05, 0.1) is 51.3 Å². The lowest BCUT2D eigenvalue weighted by Gasteiger charge is -2.32. The molecule has 0 radical (unpaired) electrons. The van der Waals surface area contributed by atoms with Crippen LogP contribution >= 0.6 is 22.6 Å². The minimum absolute atomic E-state index is 0.0154. The van der Waals surface area contributed by atoms with E-state index < -0.39 is 70.3 Å². The lowest BCUT2D eigenvalue weighted by atomic mass is 9.84. The van der Waals surface area contributed by atoms with Gasteiger partial charge in [0.1, 0.15) is 34.7 Å². The van der Waals surface area contributed by atoms with Gasteiger partial charge in [-0.3, -0.25) is 19.2 Å². The monoisotopic (exact) mass is 1340 g/mol. The fourth-order valence-corrected chi connectivity index (χ4v) is 9.43. The number of esters is 3. The van der Waals surface area contributed by atoms with Gasteiger partial charge in [0.25, 0.3) is 0 Å². The molecule has 4 atom stereocenters. The number of carbonyl (C=O) groups is 8. The number of unbranched alkanes of at least 4 members (excludes halogenated alkanes) is 4. The summed E-state index contributed by atoms with van der Waals surface area (Å²) < 4.78 is 31.1. The molecule has 1 aromatic heterocycles. The highest BCUT2D eigenvalue weighted by Crippen LogP contribution is 2.26. The second-order valence-electron chi connectivity index (χ2n) is 26.2. The van der Waals surface area contributed by atoms with E-state index in [2.05, 4.69) is 71.7 Å². The highest BCUT2D eigenvalue weighted by molar-refractivity contribution is 14.1. The van der Waals surface area contributed by atoms with Crippen molar-refractivity contribution in [1.82, 2.24) is 41.6 Å². The SMILES string of the molecule is CCCCC[C@H](CC(=O)CCOCCOCCn1nncc1-c1cccc(NC(=O)NCCCC[C@H](NC(=O)N[C@@H](CCC(=O)OC(C)(C)C)C(C)(C)C)C(=O)OC(C)(C)C)c1)C(=O)N[C@@H](CCCCNC(=O)Cc1ccc(I)cc1)C(=O)OC(C)(C)C. The fourth-order valence-electron chi connectivity index (χ4n) is 9.08. The Kier molecular flexibility index (Phi) is 33.1. The number of ether oxygens (including phenoxy) is 5. The Labute approximate surface area is 535 Å². The predicted molar refractivity (Wildman–Crippen MR) is 347 cm³/mol. The third-order valence-electron chi connectivity index (χ3n) is 13.5. The Morgan fingerprint density at radius 2 is 1.20 bits per heavy atom. The first-order valence-electron chi connectivity index (χ1n) is 31.1. The van der Waals surface area contributed by atoms with Crippen LogP contribution in [-0.2, 0) is 65.4 Å². The largest absolute Gasteiger partial charge is 0.460 e. The average Bonchev–Trinajstić information content (AvgIpc) is 4.14. The number of aromatic nitrogens is 3. The highest BCUT2D eigenvalue weighted by Gasteiger charge is 2.33. The standard InChI is InChI=1S/C65H102IN9O13/c1-14-15-16-22-47(57(79)71-51(58(80)87-64(8,9)10)25-17-19-34-67-55(77)41-45-27-29-48(66)30-28-45)43-50(76)33-37-84-39-40-85-38-36-75-53(44-69-74-75)46-23-21-24-49(42-46)70-60(82)68-35-20-18-26-52(59(81)88-65(11,12)13)72-61(83)73-54(62(2,3)4)31-32-56(78)86-63(5,6)7/h21,23-24,27-30,42,44,47,51-52,54H,14-20,22,25-26,31-41,43H2,1-13H3,(H,67,77)(H,71,79)(H2,68,70,82)(H2,72,73,83)/t47-,51+,52+,54+/m1/s1. The van der Waals surface area contributed by atoms with Crippen molar-refractivity contribution < 1.29 is 62.0 Å². The summed E-state index contributed by atoms with van der Waals surface area (Å²) in [7, 11) is 0. The molecular weight excluding hydrogens is 1240 g/mol. The summed E-state index contributed by atoms with van der Waals surface area (Å²) in [5.41, 5.74) is 0.326. The molecule has 0 unspecified atom stereocenters. The minimum Gasteiger partial charge on any atom is -0.460 e. The van der Waals surface area contributed by atoms with Crippen molar-refractivity contribution in [2.24, 2.45) is 11.3 Å². The maximum Gasteiger partial charge on any atom is 0.329 e. The molecule has 6 amide bonds. The molecule has 0 fully saturated rings. The van der Waals surface area contributed by atoms with Gasteiger partial charge in [-0.2, -0.15) is 0 Å². The molecule has 0 spiro atoms. The molecule has 0 aliphatic heterocycles. The van der Waals surface area contributed by atoms with Crippen molar-refractivity contribution in [1.29, 1.82) is 0 Å². The van der Waals surface area contributed by atoms with Gasteiger partial charge in [0.2, 0.25) is 11.8 Å². The van der Waals surface area contributed by atoms with E-state index in [1.54, 1.807) is 91.4 Å². The molecule has 6 N–H and O–H groups in total. The third-order valence-corrected chi connectivity index (χ3v) is 14.2. The molecule has 0 saturated heterocycles. The molecular formula is C65H102IN9O13. The number of carbonyl (C=O) groups excluding carboxylic acids is 8.